The maximum Gasteiger partial charge on any atom is 0.343 e. The van der Waals surface area contributed by atoms with E-state index in [-0.39, 0.29) is 13.2 Å². The van der Waals surface area contributed by atoms with Crippen LogP contribution >= 0.6 is 0 Å². The lowest BCUT2D eigenvalue weighted by Gasteiger charge is -2.04. The lowest BCUT2D eigenvalue weighted by Crippen LogP contribution is -2.39. The molecule has 2 amide bonds. The van der Waals surface area contributed by atoms with Crippen LogP contribution in [-0.2, 0) is 23.9 Å². The zero-order valence-corrected chi connectivity index (χ0v) is 13.4. The zero-order chi connectivity index (χ0) is 17.8. The topological polar surface area (TPSA) is 115 Å². The number of carbonyl (C=O) groups excluding carboxylic acids is 3. The fourth-order valence-electron chi connectivity index (χ4n) is 1.41. The van der Waals surface area contributed by atoms with E-state index >= 15 is 0 Å². The first kappa shape index (κ1) is 19.1. The molecule has 24 heavy (non-hydrogen) atoms. The van der Waals surface area contributed by atoms with Gasteiger partial charge < -0.3 is 19.5 Å². The van der Waals surface area contributed by atoms with Crippen LogP contribution in [0.3, 0.4) is 0 Å². The van der Waals surface area contributed by atoms with E-state index in [0.717, 1.165) is 0 Å². The van der Waals surface area contributed by atoms with Gasteiger partial charge in [-0.15, -0.1) is 0 Å². The number of hydrazone groups is 1. The molecule has 0 saturated heterocycles. The Morgan fingerprint density at radius 1 is 1.12 bits per heavy atom. The molecule has 0 aliphatic carbocycles. The van der Waals surface area contributed by atoms with Gasteiger partial charge in [-0.25, -0.2) is 10.2 Å². The van der Waals surface area contributed by atoms with Gasteiger partial charge in [0.25, 0.3) is 0 Å². The Bertz CT molecular complexity index is 585. The number of nitrogens with one attached hydrogen (secondary N) is 2. The van der Waals surface area contributed by atoms with Gasteiger partial charge in [0.1, 0.15) is 5.75 Å². The molecule has 0 saturated carbocycles. The number of amides is 2. The van der Waals surface area contributed by atoms with E-state index in [2.05, 4.69) is 20.6 Å². The Hall–Kier alpha value is -2.94. The predicted molar refractivity (Wildman–Crippen MR) is 84.6 cm³/mol. The Balaban J connectivity index is 2.40. The molecule has 0 aliphatic rings. The lowest BCUT2D eigenvalue weighted by atomic mass is 10.2. The smallest absolute Gasteiger partial charge is 0.343 e. The molecule has 2 N–H and O–H groups in total. The summed E-state index contributed by atoms with van der Waals surface area (Å²) in [4.78, 5) is 33.7. The molecule has 0 spiro atoms. The standard InChI is InChI=1S/C15H19N3O6/c1-22-8-7-16-14(20)15(21)18-17-9-11-3-5-12(6-4-11)24-10-13(19)23-2/h3-6,9H,7-8,10H2,1-2H3,(H,16,20)(H,18,21)/b17-9-. The van der Waals surface area contributed by atoms with Crippen molar-refractivity contribution < 1.29 is 28.6 Å². The number of esters is 1. The second-order valence-corrected chi connectivity index (χ2v) is 4.38. The summed E-state index contributed by atoms with van der Waals surface area (Å²) in [7, 11) is 2.76. The summed E-state index contributed by atoms with van der Waals surface area (Å²) in [6.07, 6.45) is 1.37. The van der Waals surface area contributed by atoms with Gasteiger partial charge in [0.2, 0.25) is 0 Å². The van der Waals surface area contributed by atoms with Gasteiger partial charge in [-0.2, -0.15) is 5.10 Å². The van der Waals surface area contributed by atoms with Crippen LogP contribution < -0.4 is 15.5 Å². The third-order valence-electron chi connectivity index (χ3n) is 2.64. The van der Waals surface area contributed by atoms with Crippen LogP contribution in [0.5, 0.6) is 5.75 Å². The third-order valence-corrected chi connectivity index (χ3v) is 2.64. The SMILES string of the molecule is COCCNC(=O)C(=O)N/N=C\c1ccc(OCC(=O)OC)cc1. The van der Waals surface area contributed by atoms with Gasteiger partial charge in [-0.1, -0.05) is 0 Å². The van der Waals surface area contributed by atoms with Crippen molar-refractivity contribution in [2.24, 2.45) is 5.10 Å². The minimum atomic E-state index is -0.875. The Labute approximate surface area is 139 Å². The summed E-state index contributed by atoms with van der Waals surface area (Å²) in [6, 6.07) is 6.59. The van der Waals surface area contributed by atoms with E-state index in [4.69, 9.17) is 9.47 Å². The van der Waals surface area contributed by atoms with Crippen molar-refractivity contribution in [3.63, 3.8) is 0 Å². The predicted octanol–water partition coefficient (Wildman–Crippen LogP) is -0.549. The molecule has 0 aromatic heterocycles. The fourth-order valence-corrected chi connectivity index (χ4v) is 1.41. The minimum absolute atomic E-state index is 0.182. The molecule has 9 nitrogen and oxygen atoms in total. The zero-order valence-electron chi connectivity index (χ0n) is 13.4. The van der Waals surface area contributed by atoms with Crippen LogP contribution in [0.4, 0.5) is 0 Å². The normalized spacial score (nSPS) is 10.2. The van der Waals surface area contributed by atoms with Crippen molar-refractivity contribution in [3.8, 4) is 5.75 Å². The van der Waals surface area contributed by atoms with Crippen LogP contribution in [0.2, 0.25) is 0 Å². The molecule has 9 heteroatoms. The second kappa shape index (κ2) is 10.7. The molecule has 0 bridgehead atoms. The van der Waals surface area contributed by atoms with Gasteiger partial charge >= 0.3 is 17.8 Å². The number of nitrogens with zero attached hydrogens (tertiary/aromatic N) is 1. The van der Waals surface area contributed by atoms with Crippen molar-refractivity contribution in [1.29, 1.82) is 0 Å². The summed E-state index contributed by atoms with van der Waals surface area (Å²) in [5.74, 6) is -1.66. The summed E-state index contributed by atoms with van der Waals surface area (Å²) >= 11 is 0. The molecule has 1 aromatic carbocycles. The van der Waals surface area contributed by atoms with E-state index in [1.54, 1.807) is 24.3 Å². The molecular weight excluding hydrogens is 318 g/mol. The average molecular weight is 337 g/mol. The third kappa shape index (κ3) is 7.36. The van der Waals surface area contributed by atoms with Crippen LogP contribution in [0.1, 0.15) is 5.56 Å². The van der Waals surface area contributed by atoms with Gasteiger partial charge in [-0.05, 0) is 29.8 Å². The minimum Gasteiger partial charge on any atom is -0.482 e. The molecule has 0 aliphatic heterocycles. The average Bonchev–Trinajstić information content (AvgIpc) is 2.60. The highest BCUT2D eigenvalue weighted by Gasteiger charge is 2.11. The number of hydrogen-bond acceptors (Lipinski definition) is 7. The molecular formula is C15H19N3O6. The molecule has 1 aromatic rings. The molecule has 0 radical (unpaired) electrons. The first-order chi connectivity index (χ1) is 11.6. The number of methoxy groups -OCH3 is 2. The second-order valence-electron chi connectivity index (χ2n) is 4.38. The summed E-state index contributed by atoms with van der Waals surface area (Å²) < 4.78 is 14.4. The van der Waals surface area contributed by atoms with Gasteiger partial charge in [0.15, 0.2) is 6.61 Å². The molecule has 0 atom stereocenters. The maximum atomic E-state index is 11.4. The monoisotopic (exact) mass is 337 g/mol. The Kier molecular flexibility index (Phi) is 8.54. The summed E-state index contributed by atoms with van der Waals surface area (Å²) in [5.41, 5.74) is 2.77. The molecule has 0 unspecified atom stereocenters. The fraction of sp³-hybridized carbons (Fsp3) is 0.333. The highest BCUT2D eigenvalue weighted by atomic mass is 16.6. The molecule has 130 valence electrons. The number of rotatable bonds is 8. The summed E-state index contributed by atoms with van der Waals surface area (Å²) in [6.45, 7) is 0.365. The number of carbonyl (C=O) groups is 3. The highest BCUT2D eigenvalue weighted by Crippen LogP contribution is 2.10. The summed E-state index contributed by atoms with van der Waals surface area (Å²) in [5, 5.41) is 6.04. The first-order valence-electron chi connectivity index (χ1n) is 6.96. The van der Waals surface area contributed by atoms with E-state index < -0.39 is 17.8 Å². The van der Waals surface area contributed by atoms with E-state index in [1.165, 1.54) is 20.4 Å². The van der Waals surface area contributed by atoms with Crippen molar-refractivity contribution in [2.75, 3.05) is 34.0 Å². The highest BCUT2D eigenvalue weighted by molar-refractivity contribution is 6.35. The first-order valence-corrected chi connectivity index (χ1v) is 6.96. The van der Waals surface area contributed by atoms with E-state index in [9.17, 15) is 14.4 Å². The molecule has 0 fully saturated rings. The van der Waals surface area contributed by atoms with Crippen molar-refractivity contribution >= 4 is 24.0 Å². The van der Waals surface area contributed by atoms with Gasteiger partial charge in [0, 0.05) is 13.7 Å². The van der Waals surface area contributed by atoms with Gasteiger partial charge in [0.05, 0.1) is 19.9 Å². The largest absolute Gasteiger partial charge is 0.482 e. The van der Waals surface area contributed by atoms with Crippen molar-refractivity contribution in [3.05, 3.63) is 29.8 Å². The van der Waals surface area contributed by atoms with Crippen LogP contribution in [0.25, 0.3) is 0 Å². The van der Waals surface area contributed by atoms with Crippen molar-refractivity contribution in [2.45, 2.75) is 0 Å². The number of benzene rings is 1. The Morgan fingerprint density at radius 2 is 1.83 bits per heavy atom. The van der Waals surface area contributed by atoms with Crippen LogP contribution in [0, 0.1) is 0 Å². The number of ether oxygens (including phenoxy) is 3. The van der Waals surface area contributed by atoms with E-state index in [1.807, 2.05) is 0 Å². The van der Waals surface area contributed by atoms with Crippen molar-refractivity contribution in [1.82, 2.24) is 10.7 Å². The number of hydrogen-bond donors (Lipinski definition) is 2. The quantitative estimate of drug-likeness (QED) is 0.216. The molecule has 0 heterocycles. The van der Waals surface area contributed by atoms with Crippen LogP contribution in [0.15, 0.2) is 29.4 Å². The lowest BCUT2D eigenvalue weighted by molar-refractivity contribution is -0.142. The Morgan fingerprint density at radius 3 is 2.46 bits per heavy atom. The van der Waals surface area contributed by atoms with Crippen LogP contribution in [-0.4, -0.2) is 58.0 Å². The van der Waals surface area contributed by atoms with E-state index in [0.29, 0.717) is 17.9 Å². The molecule has 1 rings (SSSR count). The van der Waals surface area contributed by atoms with Gasteiger partial charge in [-0.3, -0.25) is 9.59 Å². The maximum absolute atomic E-state index is 11.4.